The van der Waals surface area contributed by atoms with Gasteiger partial charge >= 0.3 is 0 Å². The summed E-state index contributed by atoms with van der Waals surface area (Å²) in [4.78, 5) is 4.09. The van der Waals surface area contributed by atoms with Gasteiger partial charge in [-0.3, -0.25) is 9.61 Å². The van der Waals surface area contributed by atoms with Crippen LogP contribution in [-0.2, 0) is 10.0 Å². The summed E-state index contributed by atoms with van der Waals surface area (Å²) in [7, 11) is -2.74. The first-order valence-electron chi connectivity index (χ1n) is 7.62. The van der Waals surface area contributed by atoms with Gasteiger partial charge in [0.1, 0.15) is 5.65 Å². The van der Waals surface area contributed by atoms with E-state index in [0.29, 0.717) is 16.9 Å². The quantitative estimate of drug-likeness (QED) is 0.470. The van der Waals surface area contributed by atoms with Crippen LogP contribution in [0, 0.1) is 12.1 Å². The van der Waals surface area contributed by atoms with Crippen LogP contribution >= 0.6 is 15.9 Å². The molecule has 0 fully saturated rings. The molecule has 0 radical (unpaired) electrons. The van der Waals surface area contributed by atoms with E-state index in [1.54, 1.807) is 29.8 Å². The van der Waals surface area contributed by atoms with E-state index >= 15 is 0 Å². The summed E-state index contributed by atoms with van der Waals surface area (Å²) in [6, 6.07) is 7.50. The first kappa shape index (κ1) is 19.3. The van der Waals surface area contributed by atoms with Gasteiger partial charge in [0, 0.05) is 17.7 Å². The van der Waals surface area contributed by atoms with Gasteiger partial charge in [-0.25, -0.2) is 4.98 Å². The van der Waals surface area contributed by atoms with Crippen molar-refractivity contribution in [2.45, 2.75) is 11.8 Å². The van der Waals surface area contributed by atoms with Crippen LogP contribution < -0.4 is 5.23 Å². The Morgan fingerprint density at radius 1 is 1.33 bits per heavy atom. The van der Waals surface area contributed by atoms with Crippen LogP contribution in [0.4, 0.5) is 5.69 Å². The Morgan fingerprint density at radius 3 is 2.78 bits per heavy atom. The first-order chi connectivity index (χ1) is 12.7. The molecular weight excluding hydrogens is 438 g/mol. The molecule has 9 nitrogen and oxygen atoms in total. The number of hydrogen-bond donors (Lipinski definition) is 1. The molecular formula is C16H15BrN5O4S-. The van der Waals surface area contributed by atoms with Gasteiger partial charge in [-0.1, -0.05) is 6.07 Å². The van der Waals surface area contributed by atoms with Gasteiger partial charge in [-0.2, -0.15) is 17.9 Å². The lowest BCUT2D eigenvalue weighted by atomic mass is 10.2. The summed E-state index contributed by atoms with van der Waals surface area (Å²) >= 11 is 3.37. The molecule has 1 N–H and O–H groups in total. The molecule has 1 aromatic carbocycles. The van der Waals surface area contributed by atoms with Gasteiger partial charge in [0.15, 0.2) is 0 Å². The predicted molar refractivity (Wildman–Crippen MR) is 104 cm³/mol. The number of hydrogen-bond acceptors (Lipinski definition) is 7. The number of sulfonamides is 1. The molecule has 3 rings (SSSR count). The van der Waals surface area contributed by atoms with E-state index in [-0.39, 0.29) is 10.6 Å². The second-order valence-electron chi connectivity index (χ2n) is 5.67. The van der Waals surface area contributed by atoms with Crippen LogP contribution in [-0.4, -0.2) is 40.7 Å². The first-order valence-corrected chi connectivity index (χ1v) is 9.86. The van der Waals surface area contributed by atoms with Crippen molar-refractivity contribution in [3.05, 3.63) is 63.7 Å². The van der Waals surface area contributed by atoms with Crippen molar-refractivity contribution in [3.63, 3.8) is 0 Å². The largest absolute Gasteiger partial charge is 0.733 e. The predicted octanol–water partition coefficient (Wildman–Crippen LogP) is 2.75. The standard InChI is InChI=1S/C16H15BrN5O4S/c1-11-3-5-13(22(23)24)7-15(11)27(25,26)20(2)19-9-14-8-18-16-6-4-12(17)10-21(14)16/h3-10,23H,1-2H3/q-1/b19-9+. The minimum Gasteiger partial charge on any atom is -0.733 e. The maximum Gasteiger partial charge on any atom is 0.279 e. The molecule has 0 aliphatic carbocycles. The Labute approximate surface area is 163 Å². The lowest BCUT2D eigenvalue weighted by Crippen LogP contribution is -2.23. The van der Waals surface area contributed by atoms with Crippen molar-refractivity contribution in [1.29, 1.82) is 0 Å². The fraction of sp³-hybridized carbons (Fsp3) is 0.125. The number of halogens is 1. The van der Waals surface area contributed by atoms with Crippen molar-refractivity contribution in [2.24, 2.45) is 5.10 Å². The van der Waals surface area contributed by atoms with E-state index in [2.05, 4.69) is 26.0 Å². The summed E-state index contributed by atoms with van der Waals surface area (Å²) in [5.74, 6) is 0. The number of hydrazone groups is 1. The van der Waals surface area contributed by atoms with E-state index < -0.39 is 15.2 Å². The van der Waals surface area contributed by atoms with Gasteiger partial charge in [-0.05, 0) is 52.7 Å². The SMILES string of the molecule is Cc1ccc(N([O-])O)cc1S(=O)(=O)N(C)/N=C/c1cnc2ccc(Br)cn12. The molecule has 0 bridgehead atoms. The Bertz CT molecular complexity index is 1130. The lowest BCUT2D eigenvalue weighted by molar-refractivity contribution is 0.296. The zero-order chi connectivity index (χ0) is 19.8. The number of fused-ring (bicyclic) bond motifs is 1. The van der Waals surface area contributed by atoms with Crippen molar-refractivity contribution in [1.82, 2.24) is 13.8 Å². The van der Waals surface area contributed by atoms with Gasteiger partial charge in [-0.15, -0.1) is 0 Å². The second kappa shape index (κ2) is 7.27. The zero-order valence-corrected chi connectivity index (χ0v) is 16.7. The molecule has 0 atom stereocenters. The fourth-order valence-corrected chi connectivity index (χ4v) is 3.94. The third-order valence-corrected chi connectivity index (χ3v) is 6.12. The van der Waals surface area contributed by atoms with Gasteiger partial charge in [0.2, 0.25) is 0 Å². The topological polar surface area (TPSA) is 114 Å². The van der Waals surface area contributed by atoms with Crippen LogP contribution in [0.1, 0.15) is 11.3 Å². The molecule has 142 valence electrons. The highest BCUT2D eigenvalue weighted by molar-refractivity contribution is 9.10. The molecule has 2 heterocycles. The molecule has 0 spiro atoms. The Balaban J connectivity index is 1.95. The minimum absolute atomic E-state index is 0.129. The third-order valence-electron chi connectivity index (χ3n) is 3.87. The maximum atomic E-state index is 12.8. The number of anilines is 1. The molecule has 0 amide bonds. The lowest BCUT2D eigenvalue weighted by Gasteiger charge is -2.23. The molecule has 0 saturated carbocycles. The average molecular weight is 453 g/mol. The van der Waals surface area contributed by atoms with Crippen molar-refractivity contribution >= 4 is 43.5 Å². The maximum absolute atomic E-state index is 12.8. The molecule has 27 heavy (non-hydrogen) atoms. The smallest absolute Gasteiger partial charge is 0.279 e. The number of benzene rings is 1. The second-order valence-corrected chi connectivity index (χ2v) is 8.50. The third kappa shape index (κ3) is 3.81. The Hall–Kier alpha value is -2.47. The van der Waals surface area contributed by atoms with Crippen molar-refractivity contribution in [3.8, 4) is 0 Å². The highest BCUT2D eigenvalue weighted by atomic mass is 79.9. The van der Waals surface area contributed by atoms with E-state index in [4.69, 9.17) is 5.21 Å². The van der Waals surface area contributed by atoms with E-state index in [9.17, 15) is 13.6 Å². The van der Waals surface area contributed by atoms with Crippen molar-refractivity contribution < 1.29 is 13.6 Å². The van der Waals surface area contributed by atoms with Gasteiger partial charge in [0.25, 0.3) is 10.0 Å². The molecule has 0 aliphatic rings. The highest BCUT2D eigenvalue weighted by Gasteiger charge is 2.22. The van der Waals surface area contributed by atoms with Gasteiger partial charge in [0.05, 0.1) is 28.7 Å². The summed E-state index contributed by atoms with van der Waals surface area (Å²) in [6.45, 7) is 1.59. The van der Waals surface area contributed by atoms with Crippen LogP contribution in [0.25, 0.3) is 5.65 Å². The number of rotatable bonds is 5. The Kier molecular flexibility index (Phi) is 5.20. The average Bonchev–Trinajstić information content (AvgIpc) is 3.01. The molecule has 11 heteroatoms. The molecule has 0 unspecified atom stereocenters. The summed E-state index contributed by atoms with van der Waals surface area (Å²) in [5.41, 5.74) is 1.50. The van der Waals surface area contributed by atoms with Gasteiger partial charge < -0.3 is 10.4 Å². The van der Waals surface area contributed by atoms with Crippen molar-refractivity contribution in [2.75, 3.05) is 12.3 Å². The fourth-order valence-electron chi connectivity index (χ4n) is 2.40. The number of imidazole rings is 1. The van der Waals surface area contributed by atoms with E-state index in [0.717, 1.165) is 15.0 Å². The number of pyridine rings is 1. The van der Waals surface area contributed by atoms with Crippen LogP contribution in [0.5, 0.6) is 0 Å². The Morgan fingerprint density at radius 2 is 2.07 bits per heavy atom. The van der Waals surface area contributed by atoms with Crippen LogP contribution in [0.2, 0.25) is 0 Å². The highest BCUT2D eigenvalue weighted by Crippen LogP contribution is 2.24. The molecule has 3 aromatic rings. The number of aryl methyl sites for hydroxylation is 1. The van der Waals surface area contributed by atoms with Crippen LogP contribution in [0.3, 0.4) is 0 Å². The zero-order valence-electron chi connectivity index (χ0n) is 14.3. The summed E-state index contributed by atoms with van der Waals surface area (Å²) in [6.07, 6.45) is 4.73. The molecule has 2 aromatic heterocycles. The monoisotopic (exact) mass is 452 g/mol. The minimum atomic E-state index is -4.02. The van der Waals surface area contributed by atoms with Crippen LogP contribution in [0.15, 0.2) is 57.2 Å². The molecule has 0 saturated heterocycles. The van der Waals surface area contributed by atoms with E-state index in [1.165, 1.54) is 25.4 Å². The molecule has 0 aliphatic heterocycles. The summed E-state index contributed by atoms with van der Waals surface area (Å²) in [5, 5.41) is 23.7. The summed E-state index contributed by atoms with van der Waals surface area (Å²) < 4.78 is 29.0. The number of aromatic nitrogens is 2. The normalized spacial score (nSPS) is 12.0. The van der Waals surface area contributed by atoms with E-state index in [1.807, 2.05) is 6.07 Å². The number of nitrogens with zero attached hydrogens (tertiary/aromatic N) is 5.